The molecule has 0 saturated carbocycles. The molecule has 0 bridgehead atoms. The van der Waals surface area contributed by atoms with Crippen LogP contribution in [0, 0.1) is 30.1 Å². The Morgan fingerprint density at radius 1 is 1.48 bits per heavy atom. The van der Waals surface area contributed by atoms with Crippen molar-refractivity contribution in [2.45, 2.75) is 46.6 Å². The van der Waals surface area contributed by atoms with E-state index in [0.29, 0.717) is 49.7 Å². The standard InChI is InChI=1S/C18H28N4O3/c1-5-24-11-16(12(2)3)21-17(23)14-6-8-22(9-7-14)18-15(10-19)20-13(4)25-18/h12,14,16H,5-9,11H2,1-4H3,(H,21,23)/t16-/m0/s1. The van der Waals surface area contributed by atoms with Crippen LogP contribution in [0.2, 0.25) is 0 Å². The molecule has 0 spiro atoms. The summed E-state index contributed by atoms with van der Waals surface area (Å²) in [5, 5.41) is 12.3. The van der Waals surface area contributed by atoms with Gasteiger partial charge in [-0.05, 0) is 25.7 Å². The van der Waals surface area contributed by atoms with Crippen molar-refractivity contribution in [1.29, 1.82) is 5.26 Å². The number of nitrogens with zero attached hydrogens (tertiary/aromatic N) is 3. The molecule has 138 valence electrons. The van der Waals surface area contributed by atoms with Gasteiger partial charge in [-0.2, -0.15) is 5.26 Å². The van der Waals surface area contributed by atoms with Gasteiger partial charge in [0.05, 0.1) is 12.6 Å². The lowest BCUT2D eigenvalue weighted by atomic mass is 9.94. The molecule has 7 nitrogen and oxygen atoms in total. The minimum atomic E-state index is -0.0197. The van der Waals surface area contributed by atoms with Crippen LogP contribution >= 0.6 is 0 Å². The monoisotopic (exact) mass is 348 g/mol. The van der Waals surface area contributed by atoms with Crippen molar-refractivity contribution in [2.24, 2.45) is 11.8 Å². The van der Waals surface area contributed by atoms with Crippen LogP contribution in [-0.2, 0) is 9.53 Å². The highest BCUT2D eigenvalue weighted by Gasteiger charge is 2.29. The first-order chi connectivity index (χ1) is 12.0. The first-order valence-corrected chi connectivity index (χ1v) is 8.96. The zero-order chi connectivity index (χ0) is 18.4. The number of oxazole rings is 1. The predicted octanol–water partition coefficient (Wildman–Crippen LogP) is 2.25. The quantitative estimate of drug-likeness (QED) is 0.812. The minimum Gasteiger partial charge on any atom is -0.424 e. The Labute approximate surface area is 149 Å². The van der Waals surface area contributed by atoms with Gasteiger partial charge in [0.2, 0.25) is 17.5 Å². The first kappa shape index (κ1) is 19.3. The van der Waals surface area contributed by atoms with Crippen LogP contribution in [-0.4, -0.2) is 43.2 Å². The summed E-state index contributed by atoms with van der Waals surface area (Å²) in [6.45, 7) is 10.4. The molecule has 1 fully saturated rings. The van der Waals surface area contributed by atoms with Gasteiger partial charge in [-0.3, -0.25) is 4.79 Å². The Hall–Kier alpha value is -2.07. The summed E-state index contributed by atoms with van der Waals surface area (Å²) in [6.07, 6.45) is 1.46. The molecule has 2 heterocycles. The van der Waals surface area contributed by atoms with Gasteiger partial charge in [-0.15, -0.1) is 0 Å². The molecule has 0 unspecified atom stereocenters. The zero-order valence-corrected chi connectivity index (χ0v) is 15.5. The van der Waals surface area contributed by atoms with Crippen molar-refractivity contribution >= 4 is 11.8 Å². The molecule has 1 aromatic heterocycles. The van der Waals surface area contributed by atoms with E-state index < -0.39 is 0 Å². The lowest BCUT2D eigenvalue weighted by Crippen LogP contribution is -2.47. The summed E-state index contributed by atoms with van der Waals surface area (Å²) in [4.78, 5) is 18.7. The summed E-state index contributed by atoms with van der Waals surface area (Å²) in [5.41, 5.74) is 0.317. The van der Waals surface area contributed by atoms with Crippen molar-refractivity contribution in [3.63, 3.8) is 0 Å². The third-order valence-electron chi connectivity index (χ3n) is 4.61. The van der Waals surface area contributed by atoms with E-state index in [1.54, 1.807) is 6.92 Å². The Balaban J connectivity index is 1.90. The van der Waals surface area contributed by atoms with Crippen molar-refractivity contribution in [1.82, 2.24) is 10.3 Å². The summed E-state index contributed by atoms with van der Waals surface area (Å²) in [7, 11) is 0. The Morgan fingerprint density at radius 3 is 2.72 bits per heavy atom. The zero-order valence-electron chi connectivity index (χ0n) is 15.5. The highest BCUT2D eigenvalue weighted by atomic mass is 16.5. The van der Waals surface area contributed by atoms with Crippen LogP contribution in [0.5, 0.6) is 0 Å². The number of ether oxygens (including phenoxy) is 1. The molecule has 7 heteroatoms. The van der Waals surface area contributed by atoms with Gasteiger partial charge in [-0.25, -0.2) is 4.98 Å². The van der Waals surface area contributed by atoms with Gasteiger partial charge in [-0.1, -0.05) is 13.8 Å². The molecule has 0 radical (unpaired) electrons. The third-order valence-corrected chi connectivity index (χ3v) is 4.61. The molecule has 1 aliphatic rings. The molecule has 1 atom stereocenters. The first-order valence-electron chi connectivity index (χ1n) is 8.96. The Morgan fingerprint density at radius 2 is 2.16 bits per heavy atom. The van der Waals surface area contributed by atoms with E-state index in [2.05, 4.69) is 30.2 Å². The number of hydrogen-bond donors (Lipinski definition) is 1. The second-order valence-corrected chi connectivity index (χ2v) is 6.78. The van der Waals surface area contributed by atoms with E-state index in [1.807, 2.05) is 11.8 Å². The van der Waals surface area contributed by atoms with Gasteiger partial charge >= 0.3 is 0 Å². The fourth-order valence-corrected chi connectivity index (χ4v) is 2.99. The molecule has 0 aromatic carbocycles. The number of carbonyl (C=O) groups excluding carboxylic acids is 1. The van der Waals surface area contributed by atoms with Crippen molar-refractivity contribution < 1.29 is 13.9 Å². The second kappa shape index (κ2) is 8.86. The normalized spacial score (nSPS) is 16.7. The smallest absolute Gasteiger partial charge is 0.234 e. The Kier molecular flexibility index (Phi) is 6.82. The lowest BCUT2D eigenvalue weighted by molar-refractivity contribution is -0.127. The number of piperidine rings is 1. The number of nitriles is 1. The minimum absolute atomic E-state index is 0.0197. The van der Waals surface area contributed by atoms with Crippen LogP contribution in [0.25, 0.3) is 0 Å². The van der Waals surface area contributed by atoms with E-state index in [0.717, 1.165) is 12.8 Å². The molecule has 1 saturated heterocycles. The molecule has 1 N–H and O–H groups in total. The number of nitrogens with one attached hydrogen (secondary N) is 1. The summed E-state index contributed by atoms with van der Waals surface area (Å²) >= 11 is 0. The number of aryl methyl sites for hydroxylation is 1. The molecule has 2 rings (SSSR count). The average molecular weight is 348 g/mol. The second-order valence-electron chi connectivity index (χ2n) is 6.78. The van der Waals surface area contributed by atoms with Crippen molar-refractivity contribution in [2.75, 3.05) is 31.2 Å². The predicted molar refractivity (Wildman–Crippen MR) is 94.2 cm³/mol. The Bertz CT molecular complexity index is 612. The van der Waals surface area contributed by atoms with Crippen molar-refractivity contribution in [3.8, 4) is 6.07 Å². The maximum Gasteiger partial charge on any atom is 0.234 e. The van der Waals surface area contributed by atoms with Crippen LogP contribution in [0.3, 0.4) is 0 Å². The largest absolute Gasteiger partial charge is 0.424 e. The van der Waals surface area contributed by atoms with Gasteiger partial charge < -0.3 is 19.4 Å². The molecule has 1 aromatic rings. The van der Waals surface area contributed by atoms with E-state index in [9.17, 15) is 4.79 Å². The van der Waals surface area contributed by atoms with E-state index in [1.165, 1.54) is 0 Å². The number of anilines is 1. The van der Waals surface area contributed by atoms with Gasteiger partial charge in [0.15, 0.2) is 5.89 Å². The maximum atomic E-state index is 12.6. The lowest BCUT2D eigenvalue weighted by Gasteiger charge is -2.32. The van der Waals surface area contributed by atoms with Crippen LogP contribution in [0.4, 0.5) is 5.88 Å². The highest BCUT2D eigenvalue weighted by molar-refractivity contribution is 5.79. The molecular formula is C18H28N4O3. The van der Waals surface area contributed by atoms with Crippen LogP contribution < -0.4 is 10.2 Å². The average Bonchev–Trinajstić information content (AvgIpc) is 2.99. The molecule has 1 aliphatic heterocycles. The number of carbonyl (C=O) groups is 1. The van der Waals surface area contributed by atoms with Crippen LogP contribution in [0.15, 0.2) is 4.42 Å². The fourth-order valence-electron chi connectivity index (χ4n) is 2.99. The van der Waals surface area contributed by atoms with Crippen LogP contribution in [0.1, 0.15) is 45.2 Å². The van der Waals surface area contributed by atoms with Gasteiger partial charge in [0.1, 0.15) is 6.07 Å². The number of hydrogen-bond acceptors (Lipinski definition) is 6. The number of aromatic nitrogens is 1. The highest BCUT2D eigenvalue weighted by Crippen LogP contribution is 2.27. The summed E-state index contributed by atoms with van der Waals surface area (Å²) in [5.74, 6) is 1.41. The maximum absolute atomic E-state index is 12.6. The fraction of sp³-hybridized carbons (Fsp3) is 0.722. The van der Waals surface area contributed by atoms with E-state index in [-0.39, 0.29) is 17.9 Å². The van der Waals surface area contributed by atoms with E-state index >= 15 is 0 Å². The molecule has 1 amide bonds. The topological polar surface area (TPSA) is 91.4 Å². The molecular weight excluding hydrogens is 320 g/mol. The molecule has 0 aliphatic carbocycles. The van der Waals surface area contributed by atoms with E-state index in [4.69, 9.17) is 14.4 Å². The summed E-state index contributed by atoms with van der Waals surface area (Å²) in [6, 6.07) is 2.10. The third kappa shape index (κ3) is 4.95. The number of rotatable bonds is 7. The SMILES string of the molecule is CCOC[C@H](NC(=O)C1CCN(c2oc(C)nc2C#N)CC1)C(C)C. The number of amides is 1. The van der Waals surface area contributed by atoms with Crippen molar-refractivity contribution in [3.05, 3.63) is 11.6 Å². The van der Waals surface area contributed by atoms with Gasteiger partial charge in [0, 0.05) is 32.5 Å². The van der Waals surface area contributed by atoms with Gasteiger partial charge in [0.25, 0.3) is 0 Å². The summed E-state index contributed by atoms with van der Waals surface area (Å²) < 4.78 is 11.0. The molecule has 25 heavy (non-hydrogen) atoms.